The Balaban J connectivity index is 3.02. The van der Waals surface area contributed by atoms with Gasteiger partial charge in [0.1, 0.15) is 24.3 Å². The van der Waals surface area contributed by atoms with Crippen LogP contribution in [0.1, 0.15) is 0 Å². The molecular weight excluding hydrogens is 321 g/mol. The molecule has 0 saturated carbocycles. The molecular formula is C2F5N3S5. The number of halogens is 5. The standard InChI is InChI=1S/C2F5N3S5/c3-11-1-2(12-4)9(14-6)10(15-7)8(1)13-5. The van der Waals surface area contributed by atoms with Gasteiger partial charge in [-0.15, -0.1) is 11.7 Å². The lowest BCUT2D eigenvalue weighted by molar-refractivity contribution is 0.137. The molecule has 0 amide bonds. The van der Waals surface area contributed by atoms with Gasteiger partial charge in [-0.05, 0) is 4.52 Å². The Bertz CT molecular complexity index is 231. The second kappa shape index (κ2) is 6.44. The average Bonchev–Trinajstić information content (AvgIpc) is 2.59. The van der Waals surface area contributed by atoms with Crippen LogP contribution in [0.2, 0.25) is 0 Å². The van der Waals surface area contributed by atoms with Crippen molar-refractivity contribution < 1.29 is 19.4 Å². The van der Waals surface area contributed by atoms with Crippen LogP contribution in [-0.4, -0.2) is 13.4 Å². The van der Waals surface area contributed by atoms with Crippen molar-refractivity contribution in [2.45, 2.75) is 0 Å². The summed E-state index contributed by atoms with van der Waals surface area (Å²) < 4.78 is 62.5. The lowest BCUT2D eigenvalue weighted by Gasteiger charge is -2.24. The summed E-state index contributed by atoms with van der Waals surface area (Å²) in [5.41, 5.74) is 0. The van der Waals surface area contributed by atoms with Gasteiger partial charge in [0.2, 0.25) is 0 Å². The van der Waals surface area contributed by atoms with Gasteiger partial charge in [0.05, 0.1) is 0 Å². The molecule has 1 aliphatic heterocycles. The van der Waals surface area contributed by atoms with E-state index in [1.54, 1.807) is 0 Å². The molecule has 0 spiro atoms. The van der Waals surface area contributed by atoms with Crippen LogP contribution in [0.4, 0.5) is 19.4 Å². The zero-order valence-corrected chi connectivity index (χ0v) is 10.4. The Hall–Kier alpha value is 0.700. The predicted octanol–water partition coefficient (Wildman–Crippen LogP) is 4.70. The fourth-order valence-electron chi connectivity index (χ4n) is 0.689. The van der Waals surface area contributed by atoms with E-state index < -0.39 is 71.4 Å². The van der Waals surface area contributed by atoms with Crippen molar-refractivity contribution in [3.05, 3.63) is 10.1 Å². The minimum atomic E-state index is -0.602. The first kappa shape index (κ1) is 13.8. The Kier molecular flexibility index (Phi) is 5.91. The molecule has 3 nitrogen and oxygen atoms in total. The van der Waals surface area contributed by atoms with Gasteiger partial charge in [0.15, 0.2) is 47.1 Å². The fourth-order valence-corrected chi connectivity index (χ4v) is 3.19. The minimum absolute atomic E-state index is 0.277. The number of rotatable bonds is 5. The fraction of sp³-hybridized carbons (Fsp3) is 0. The summed E-state index contributed by atoms with van der Waals surface area (Å²) in [6, 6.07) is 0. The Morgan fingerprint density at radius 2 is 1.07 bits per heavy atom. The highest BCUT2D eigenvalue weighted by atomic mass is 32.2. The van der Waals surface area contributed by atoms with Crippen LogP contribution >= 0.6 is 61.3 Å². The highest BCUT2D eigenvalue weighted by Gasteiger charge is 2.42. The van der Waals surface area contributed by atoms with Crippen molar-refractivity contribution in [2.24, 2.45) is 0 Å². The normalized spacial score (nSPS) is 18.2. The van der Waals surface area contributed by atoms with Gasteiger partial charge >= 0.3 is 0 Å². The van der Waals surface area contributed by atoms with Crippen LogP contribution in [0.15, 0.2) is 10.1 Å². The highest BCUT2D eigenvalue weighted by molar-refractivity contribution is 8.04. The van der Waals surface area contributed by atoms with Crippen molar-refractivity contribution in [2.75, 3.05) is 0 Å². The van der Waals surface area contributed by atoms with E-state index in [0.29, 0.717) is 8.83 Å². The van der Waals surface area contributed by atoms with Crippen LogP contribution in [0.3, 0.4) is 0 Å². The molecule has 88 valence electrons. The number of hydrogen-bond donors (Lipinski definition) is 0. The van der Waals surface area contributed by atoms with Crippen molar-refractivity contribution in [3.8, 4) is 0 Å². The SMILES string of the molecule is FSC1=C(SF)N(SF)N(SF)N1SF. The zero-order valence-electron chi connectivity index (χ0n) is 6.27. The van der Waals surface area contributed by atoms with Gasteiger partial charge in [-0.2, -0.15) is 16.6 Å². The first-order valence-corrected chi connectivity index (χ1v) is 6.28. The maximum absolute atomic E-state index is 12.3. The molecule has 15 heavy (non-hydrogen) atoms. The molecule has 0 radical (unpaired) electrons. The third-order valence-electron chi connectivity index (χ3n) is 1.18. The van der Waals surface area contributed by atoms with E-state index in [1.165, 1.54) is 0 Å². The lowest BCUT2D eigenvalue weighted by Crippen LogP contribution is -2.31. The van der Waals surface area contributed by atoms with E-state index in [2.05, 4.69) is 0 Å². The second-order valence-electron chi connectivity index (χ2n) is 1.77. The Morgan fingerprint density at radius 1 is 0.667 bits per heavy atom. The summed E-state index contributed by atoms with van der Waals surface area (Å²) in [5, 5.41) is -1.18. The highest BCUT2D eigenvalue weighted by Crippen LogP contribution is 2.50. The van der Waals surface area contributed by atoms with Crippen LogP contribution in [0.25, 0.3) is 0 Å². The number of nitrogens with zero attached hydrogens (tertiary/aromatic N) is 3. The van der Waals surface area contributed by atoms with Crippen molar-refractivity contribution in [3.63, 3.8) is 0 Å². The van der Waals surface area contributed by atoms with E-state index in [-0.39, 0.29) is 4.52 Å². The van der Waals surface area contributed by atoms with Crippen LogP contribution in [0, 0.1) is 0 Å². The monoisotopic (exact) mass is 321 g/mol. The smallest absolute Gasteiger partial charge is 0.175 e. The van der Waals surface area contributed by atoms with E-state index >= 15 is 0 Å². The quantitative estimate of drug-likeness (QED) is 0.526. The Labute approximate surface area is 104 Å². The average molecular weight is 321 g/mol. The molecule has 1 heterocycles. The molecule has 0 aromatic heterocycles. The summed E-state index contributed by atoms with van der Waals surface area (Å²) >= 11 is -2.82. The maximum atomic E-state index is 12.3. The van der Waals surface area contributed by atoms with Gasteiger partial charge in [0, 0.05) is 0 Å². The molecule has 0 bridgehead atoms. The molecule has 0 fully saturated rings. The van der Waals surface area contributed by atoms with Crippen molar-refractivity contribution >= 4 is 61.3 Å². The van der Waals surface area contributed by atoms with E-state index in [4.69, 9.17) is 0 Å². The molecule has 0 unspecified atom stereocenters. The molecule has 1 rings (SSSR count). The summed E-state index contributed by atoms with van der Waals surface area (Å²) in [6.45, 7) is 0. The zero-order chi connectivity index (χ0) is 11.4. The molecule has 0 saturated heterocycles. The molecule has 0 aliphatic carbocycles. The molecule has 1 aliphatic rings. The molecule has 13 heteroatoms. The molecule has 0 atom stereocenters. The van der Waals surface area contributed by atoms with E-state index in [1.807, 2.05) is 0 Å². The second-order valence-corrected chi connectivity index (χ2v) is 4.28. The molecule has 0 N–H and O–H groups in total. The summed E-state index contributed by atoms with van der Waals surface area (Å²) in [6.07, 6.45) is 0. The summed E-state index contributed by atoms with van der Waals surface area (Å²) in [7, 11) is 0. The third kappa shape index (κ3) is 2.52. The van der Waals surface area contributed by atoms with Crippen LogP contribution < -0.4 is 0 Å². The largest absolute Gasteiger partial charge is 0.184 e. The first-order chi connectivity index (χ1) is 7.24. The van der Waals surface area contributed by atoms with Gasteiger partial charge < -0.3 is 0 Å². The summed E-state index contributed by atoms with van der Waals surface area (Å²) in [4.78, 5) is 0. The van der Waals surface area contributed by atoms with Crippen molar-refractivity contribution in [1.29, 1.82) is 0 Å². The predicted molar refractivity (Wildman–Crippen MR) is 56.0 cm³/mol. The number of hydrazine groups is 2. The molecule has 0 aromatic carbocycles. The Morgan fingerprint density at radius 3 is 1.27 bits per heavy atom. The van der Waals surface area contributed by atoms with Gasteiger partial charge in [-0.25, -0.2) is 0 Å². The van der Waals surface area contributed by atoms with Gasteiger partial charge in [-0.3, -0.25) is 0 Å². The van der Waals surface area contributed by atoms with E-state index in [9.17, 15) is 19.4 Å². The molecule has 0 aromatic rings. The minimum Gasteiger partial charge on any atom is -0.175 e. The van der Waals surface area contributed by atoms with Crippen molar-refractivity contribution in [1.82, 2.24) is 13.4 Å². The first-order valence-electron chi connectivity index (χ1n) is 2.82. The maximum Gasteiger partial charge on any atom is 0.184 e. The van der Waals surface area contributed by atoms with E-state index in [0.717, 1.165) is 0 Å². The van der Waals surface area contributed by atoms with Crippen LogP contribution in [0.5, 0.6) is 0 Å². The number of hydrogen-bond acceptors (Lipinski definition) is 8. The van der Waals surface area contributed by atoms with Gasteiger partial charge in [0.25, 0.3) is 0 Å². The lowest BCUT2D eigenvalue weighted by atomic mass is 10.9. The topological polar surface area (TPSA) is 9.72 Å². The van der Waals surface area contributed by atoms with Gasteiger partial charge in [-0.1, -0.05) is 0 Å². The summed E-state index contributed by atoms with van der Waals surface area (Å²) in [5.74, 6) is 0. The third-order valence-corrected chi connectivity index (χ3v) is 4.16. The van der Waals surface area contributed by atoms with Crippen LogP contribution in [-0.2, 0) is 0 Å².